The molecule has 0 fully saturated rings. The summed E-state index contributed by atoms with van der Waals surface area (Å²) in [7, 11) is 1.72. The molecule has 0 unspecified atom stereocenters. The molecule has 0 bridgehead atoms. The molecule has 1 rings (SSSR count). The van der Waals surface area contributed by atoms with Crippen LogP contribution in [0.2, 0.25) is 5.28 Å². The third kappa shape index (κ3) is 2.12. The summed E-state index contributed by atoms with van der Waals surface area (Å²) in [6.45, 7) is 0.0819. The van der Waals surface area contributed by atoms with E-state index in [4.69, 9.17) is 23.2 Å². The van der Waals surface area contributed by atoms with E-state index >= 15 is 0 Å². The van der Waals surface area contributed by atoms with Gasteiger partial charge in [-0.25, -0.2) is 9.78 Å². The van der Waals surface area contributed by atoms with Crippen LogP contribution >= 0.6 is 23.2 Å². The molecule has 0 aromatic carbocycles. The molecule has 0 saturated carbocycles. The number of halogens is 2. The summed E-state index contributed by atoms with van der Waals surface area (Å²) in [5.74, 6) is 0. The highest BCUT2D eigenvalue weighted by Gasteiger charge is 2.05. The minimum absolute atomic E-state index is 0.0819. The molecule has 6 heteroatoms. The van der Waals surface area contributed by atoms with E-state index in [0.717, 1.165) is 0 Å². The molecule has 0 aliphatic rings. The van der Waals surface area contributed by atoms with Gasteiger partial charge in [-0.2, -0.15) is 0 Å². The van der Waals surface area contributed by atoms with Crippen LogP contribution in [-0.2, 0) is 18.4 Å². The third-order valence-electron chi connectivity index (χ3n) is 1.36. The van der Waals surface area contributed by atoms with E-state index in [-0.39, 0.29) is 6.61 Å². The average Bonchev–Trinajstić information content (AvgIpc) is 2.30. The first-order valence-electron chi connectivity index (χ1n) is 3.09. The van der Waals surface area contributed by atoms with E-state index in [0.29, 0.717) is 11.0 Å². The molecule has 66 valence electrons. The van der Waals surface area contributed by atoms with Gasteiger partial charge in [-0.3, -0.25) is 0 Å². The van der Waals surface area contributed by atoms with Crippen molar-refractivity contribution >= 4 is 28.6 Å². The first-order valence-corrected chi connectivity index (χ1v) is 3.85. The second kappa shape index (κ2) is 3.78. The molecule has 0 atom stereocenters. The van der Waals surface area contributed by atoms with Gasteiger partial charge in [-0.05, 0) is 11.6 Å². The van der Waals surface area contributed by atoms with Crippen LogP contribution < -0.4 is 0 Å². The Hall–Kier alpha value is -0.740. The van der Waals surface area contributed by atoms with Gasteiger partial charge < -0.3 is 9.30 Å². The van der Waals surface area contributed by atoms with Crippen molar-refractivity contribution in [2.45, 2.75) is 6.61 Å². The van der Waals surface area contributed by atoms with E-state index in [1.165, 1.54) is 6.20 Å². The second-order valence-corrected chi connectivity index (χ2v) is 2.75. The van der Waals surface area contributed by atoms with Gasteiger partial charge in [-0.15, -0.1) is 0 Å². The third-order valence-corrected chi connectivity index (χ3v) is 1.82. The average molecular weight is 209 g/mol. The minimum atomic E-state index is -0.840. The Balaban J connectivity index is 2.63. The number of hydrogen-bond donors (Lipinski definition) is 0. The number of hydrogen-bond acceptors (Lipinski definition) is 3. The molecule has 0 amide bonds. The van der Waals surface area contributed by atoms with Crippen molar-refractivity contribution in [1.82, 2.24) is 9.55 Å². The van der Waals surface area contributed by atoms with Crippen molar-refractivity contribution < 1.29 is 9.53 Å². The van der Waals surface area contributed by atoms with E-state index in [1.807, 2.05) is 0 Å². The summed E-state index contributed by atoms with van der Waals surface area (Å²) in [4.78, 5) is 14.0. The topological polar surface area (TPSA) is 44.1 Å². The highest BCUT2D eigenvalue weighted by atomic mass is 35.5. The Labute approximate surface area is 79.0 Å². The van der Waals surface area contributed by atoms with Crippen LogP contribution in [0.15, 0.2) is 6.20 Å². The molecule has 1 heterocycles. The van der Waals surface area contributed by atoms with E-state index in [1.54, 1.807) is 11.6 Å². The lowest BCUT2D eigenvalue weighted by molar-refractivity contribution is 0.164. The van der Waals surface area contributed by atoms with Crippen LogP contribution in [-0.4, -0.2) is 15.0 Å². The summed E-state index contributed by atoms with van der Waals surface area (Å²) in [5, 5.41) is 0.343. The standard InChI is InChI=1S/C6H6Cl2N2O2/c1-10-4(2-9-5(10)7)3-12-6(8)11/h2H,3H2,1H3. The highest BCUT2D eigenvalue weighted by Crippen LogP contribution is 2.09. The largest absolute Gasteiger partial charge is 0.447 e. The predicted octanol–water partition coefficient (Wildman–Crippen LogP) is 1.95. The summed E-state index contributed by atoms with van der Waals surface area (Å²) in [5.41, 5.74) is -0.152. The summed E-state index contributed by atoms with van der Waals surface area (Å²) < 4.78 is 6.13. The Kier molecular flexibility index (Phi) is 2.94. The molecule has 0 radical (unpaired) electrons. The molecule has 1 aromatic heterocycles. The number of carbonyl (C=O) groups is 1. The van der Waals surface area contributed by atoms with Crippen LogP contribution in [0.25, 0.3) is 0 Å². The summed E-state index contributed by atoms with van der Waals surface area (Å²) in [6, 6.07) is 0. The van der Waals surface area contributed by atoms with Gasteiger partial charge in [0, 0.05) is 18.6 Å². The second-order valence-electron chi connectivity index (χ2n) is 2.10. The van der Waals surface area contributed by atoms with E-state index in [2.05, 4.69) is 9.72 Å². The zero-order valence-electron chi connectivity index (χ0n) is 6.25. The molecule has 0 spiro atoms. The monoisotopic (exact) mass is 208 g/mol. The number of aromatic nitrogens is 2. The normalized spacial score (nSPS) is 9.92. The fourth-order valence-corrected chi connectivity index (χ4v) is 0.896. The van der Waals surface area contributed by atoms with Gasteiger partial charge in [0.1, 0.15) is 6.61 Å². The Morgan fingerprint density at radius 3 is 2.92 bits per heavy atom. The van der Waals surface area contributed by atoms with Crippen molar-refractivity contribution in [3.05, 3.63) is 17.2 Å². The van der Waals surface area contributed by atoms with Crippen molar-refractivity contribution in [2.24, 2.45) is 7.05 Å². The summed E-state index contributed by atoms with van der Waals surface area (Å²) in [6.07, 6.45) is 1.52. The number of imidazole rings is 1. The van der Waals surface area contributed by atoms with E-state index in [9.17, 15) is 4.79 Å². The first kappa shape index (κ1) is 9.35. The summed E-state index contributed by atoms with van der Waals surface area (Å²) >= 11 is 10.6. The van der Waals surface area contributed by atoms with E-state index < -0.39 is 5.43 Å². The zero-order valence-corrected chi connectivity index (χ0v) is 7.76. The van der Waals surface area contributed by atoms with Crippen LogP contribution in [0.1, 0.15) is 5.69 Å². The first-order chi connectivity index (χ1) is 5.61. The molecule has 4 nitrogen and oxygen atoms in total. The minimum Gasteiger partial charge on any atom is -0.447 e. The van der Waals surface area contributed by atoms with Crippen LogP contribution in [0.4, 0.5) is 4.79 Å². The van der Waals surface area contributed by atoms with Crippen molar-refractivity contribution in [2.75, 3.05) is 0 Å². The van der Waals surface area contributed by atoms with Gasteiger partial charge in [0.25, 0.3) is 0 Å². The molecule has 0 saturated heterocycles. The highest BCUT2D eigenvalue weighted by molar-refractivity contribution is 6.61. The van der Waals surface area contributed by atoms with Crippen LogP contribution in [0.3, 0.4) is 0 Å². The number of carbonyl (C=O) groups excluding carboxylic acids is 1. The molecule has 0 aliphatic heterocycles. The zero-order chi connectivity index (χ0) is 9.14. The molecule has 1 aromatic rings. The number of ether oxygens (including phenoxy) is 1. The Morgan fingerprint density at radius 1 is 1.83 bits per heavy atom. The number of rotatable bonds is 2. The SMILES string of the molecule is Cn1c(COC(=O)Cl)cnc1Cl. The van der Waals surface area contributed by atoms with Gasteiger partial charge in [-0.1, -0.05) is 0 Å². The molecular formula is C6H6Cl2N2O2. The fraction of sp³-hybridized carbons (Fsp3) is 0.333. The lowest BCUT2D eigenvalue weighted by Crippen LogP contribution is -2.00. The molecule has 0 N–H and O–H groups in total. The van der Waals surface area contributed by atoms with Crippen molar-refractivity contribution in [3.8, 4) is 0 Å². The maximum atomic E-state index is 10.2. The molecule has 12 heavy (non-hydrogen) atoms. The fourth-order valence-electron chi connectivity index (χ4n) is 0.684. The Morgan fingerprint density at radius 2 is 2.50 bits per heavy atom. The predicted molar refractivity (Wildman–Crippen MR) is 44.3 cm³/mol. The van der Waals surface area contributed by atoms with Gasteiger partial charge in [0.2, 0.25) is 5.28 Å². The lowest BCUT2D eigenvalue weighted by atomic mass is 10.5. The Bertz CT molecular complexity index is 298. The lowest BCUT2D eigenvalue weighted by Gasteiger charge is -2.01. The molecular weight excluding hydrogens is 203 g/mol. The maximum Gasteiger partial charge on any atom is 0.404 e. The quantitative estimate of drug-likeness (QED) is 0.699. The van der Waals surface area contributed by atoms with Crippen LogP contribution in [0, 0.1) is 0 Å². The van der Waals surface area contributed by atoms with Gasteiger partial charge in [0.05, 0.1) is 11.9 Å². The number of nitrogens with zero attached hydrogens (tertiary/aromatic N) is 2. The van der Waals surface area contributed by atoms with Crippen LogP contribution in [0.5, 0.6) is 0 Å². The smallest absolute Gasteiger partial charge is 0.404 e. The van der Waals surface area contributed by atoms with Gasteiger partial charge >= 0.3 is 5.43 Å². The van der Waals surface area contributed by atoms with Crippen molar-refractivity contribution in [1.29, 1.82) is 0 Å². The molecule has 0 aliphatic carbocycles. The maximum absolute atomic E-state index is 10.2. The van der Waals surface area contributed by atoms with Crippen molar-refractivity contribution in [3.63, 3.8) is 0 Å². The van der Waals surface area contributed by atoms with Gasteiger partial charge in [0.15, 0.2) is 0 Å².